The number of piperidine rings is 1. The molecule has 2 atom stereocenters. The van der Waals surface area contributed by atoms with E-state index in [1.165, 1.54) is 12.1 Å². The molecule has 1 saturated heterocycles. The summed E-state index contributed by atoms with van der Waals surface area (Å²) in [5, 5.41) is 11.2. The zero-order chi connectivity index (χ0) is 15.8. The van der Waals surface area contributed by atoms with Crippen molar-refractivity contribution in [1.82, 2.24) is 0 Å². The largest absolute Gasteiger partial charge is 0.366 e. The van der Waals surface area contributed by atoms with Gasteiger partial charge in [0.25, 0.3) is 5.69 Å². The Morgan fingerprint density at radius 2 is 2.10 bits per heavy atom. The molecule has 0 radical (unpaired) electrons. The van der Waals surface area contributed by atoms with Crippen LogP contribution in [0, 0.1) is 16.0 Å². The molecule has 21 heavy (non-hydrogen) atoms. The lowest BCUT2D eigenvalue weighted by molar-refractivity contribution is -0.384. The lowest BCUT2D eigenvalue weighted by Gasteiger charge is -2.36. The minimum atomic E-state index is -3.47. The van der Waals surface area contributed by atoms with E-state index in [1.54, 1.807) is 0 Å². The molecule has 0 bridgehead atoms. The Bertz CT molecular complexity index is 659. The summed E-state index contributed by atoms with van der Waals surface area (Å²) in [4.78, 5) is 12.6. The highest BCUT2D eigenvalue weighted by Gasteiger charge is 2.28. The number of benzene rings is 1. The van der Waals surface area contributed by atoms with Crippen LogP contribution in [0.25, 0.3) is 0 Å². The molecule has 0 aromatic heterocycles. The molecule has 1 aliphatic rings. The molecule has 1 fully saturated rings. The summed E-state index contributed by atoms with van der Waals surface area (Å²) in [6.07, 6.45) is 1.79. The number of anilines is 1. The molecule has 7 nitrogen and oxygen atoms in total. The molecule has 116 valence electrons. The molecule has 1 aliphatic heterocycles. The second kappa shape index (κ2) is 5.61. The van der Waals surface area contributed by atoms with Crippen LogP contribution in [-0.4, -0.2) is 38.7 Å². The van der Waals surface area contributed by atoms with Gasteiger partial charge in [-0.25, -0.2) is 8.42 Å². The van der Waals surface area contributed by atoms with Crippen LogP contribution in [-0.2, 0) is 9.84 Å². The van der Waals surface area contributed by atoms with Gasteiger partial charge in [0.2, 0.25) is 0 Å². The number of nitro groups is 1. The van der Waals surface area contributed by atoms with E-state index in [4.69, 9.17) is 5.73 Å². The average Bonchev–Trinajstić information content (AvgIpc) is 2.40. The second-order valence-corrected chi connectivity index (χ2v) is 7.57. The predicted molar refractivity (Wildman–Crippen MR) is 80.2 cm³/mol. The van der Waals surface area contributed by atoms with Gasteiger partial charge in [0.05, 0.1) is 9.82 Å². The van der Waals surface area contributed by atoms with Crippen LogP contribution in [0.5, 0.6) is 0 Å². The van der Waals surface area contributed by atoms with Gasteiger partial charge in [0.15, 0.2) is 9.84 Å². The first-order chi connectivity index (χ1) is 9.70. The molecule has 0 aliphatic carbocycles. The van der Waals surface area contributed by atoms with Crippen molar-refractivity contribution in [2.75, 3.05) is 24.2 Å². The zero-order valence-corrected chi connectivity index (χ0v) is 12.8. The van der Waals surface area contributed by atoms with Gasteiger partial charge in [0, 0.05) is 31.5 Å². The third kappa shape index (κ3) is 3.33. The minimum Gasteiger partial charge on any atom is -0.366 e. The van der Waals surface area contributed by atoms with Crippen LogP contribution in [0.1, 0.15) is 13.3 Å². The molecular formula is C13H19N3O4S. The molecule has 2 N–H and O–H groups in total. The predicted octanol–water partition coefficient (Wildman–Crippen LogP) is 1.17. The smallest absolute Gasteiger partial charge is 0.293 e. The maximum absolute atomic E-state index is 11.5. The fraction of sp³-hybridized carbons (Fsp3) is 0.538. The van der Waals surface area contributed by atoms with E-state index in [0.29, 0.717) is 18.8 Å². The molecule has 1 aromatic carbocycles. The van der Waals surface area contributed by atoms with Crippen molar-refractivity contribution in [3.8, 4) is 0 Å². The van der Waals surface area contributed by atoms with Crippen LogP contribution in [0.3, 0.4) is 0 Å². The van der Waals surface area contributed by atoms with Crippen LogP contribution in [0.4, 0.5) is 11.4 Å². The summed E-state index contributed by atoms with van der Waals surface area (Å²) < 4.78 is 23.1. The van der Waals surface area contributed by atoms with E-state index < -0.39 is 14.8 Å². The number of rotatable bonds is 3. The van der Waals surface area contributed by atoms with E-state index in [1.807, 2.05) is 11.8 Å². The third-order valence-electron chi connectivity index (χ3n) is 3.88. The number of nitro benzene ring substituents is 1. The molecule has 2 unspecified atom stereocenters. The van der Waals surface area contributed by atoms with Gasteiger partial charge in [-0.15, -0.1) is 0 Å². The quantitative estimate of drug-likeness (QED) is 0.663. The van der Waals surface area contributed by atoms with E-state index in [9.17, 15) is 18.5 Å². The summed E-state index contributed by atoms with van der Waals surface area (Å²) in [7, 11) is -3.47. The van der Waals surface area contributed by atoms with Gasteiger partial charge >= 0.3 is 0 Å². The van der Waals surface area contributed by atoms with Crippen LogP contribution >= 0.6 is 0 Å². The van der Waals surface area contributed by atoms with E-state index in [2.05, 4.69) is 0 Å². The third-order valence-corrected chi connectivity index (χ3v) is 4.99. The highest BCUT2D eigenvalue weighted by Crippen LogP contribution is 2.33. The highest BCUT2D eigenvalue weighted by atomic mass is 32.2. The monoisotopic (exact) mass is 313 g/mol. The molecule has 2 rings (SSSR count). The summed E-state index contributed by atoms with van der Waals surface area (Å²) in [5.41, 5.74) is 6.23. The van der Waals surface area contributed by atoms with Gasteiger partial charge in [-0.2, -0.15) is 0 Å². The number of hydrogen-bond acceptors (Lipinski definition) is 6. The molecule has 0 spiro atoms. The molecule has 0 saturated carbocycles. The Morgan fingerprint density at radius 1 is 1.43 bits per heavy atom. The number of sulfone groups is 1. The number of hydrogen-bond donors (Lipinski definition) is 1. The van der Waals surface area contributed by atoms with Crippen molar-refractivity contribution < 1.29 is 13.3 Å². The van der Waals surface area contributed by atoms with E-state index >= 15 is 0 Å². The lowest BCUT2D eigenvalue weighted by atomic mass is 9.94. The second-order valence-electron chi connectivity index (χ2n) is 5.56. The van der Waals surface area contributed by atoms with E-state index in [0.717, 1.165) is 18.7 Å². The molecule has 8 heteroatoms. The van der Waals surface area contributed by atoms with Crippen LogP contribution in [0.2, 0.25) is 0 Å². The Balaban J connectivity index is 2.42. The van der Waals surface area contributed by atoms with Crippen LogP contribution in [0.15, 0.2) is 23.1 Å². The Hall–Kier alpha value is -1.67. The minimum absolute atomic E-state index is 0.0419. The summed E-state index contributed by atoms with van der Waals surface area (Å²) in [5.74, 6) is 0.230. The van der Waals surface area contributed by atoms with Crippen LogP contribution < -0.4 is 10.6 Å². The number of nitrogens with zero attached hydrogens (tertiary/aromatic N) is 2. The standard InChI is InChI=1S/C13H19N3O4S/c1-9-8-15(6-5-11(9)14)12-4-3-10(21(2,19)20)7-13(12)16(17)18/h3-4,7,9,11H,5-6,8,14H2,1-2H3. The molecule has 0 amide bonds. The summed E-state index contributed by atoms with van der Waals surface area (Å²) in [6.45, 7) is 3.26. The Morgan fingerprint density at radius 3 is 2.62 bits per heavy atom. The highest BCUT2D eigenvalue weighted by molar-refractivity contribution is 7.90. The maximum atomic E-state index is 11.5. The van der Waals surface area contributed by atoms with E-state index in [-0.39, 0.29) is 22.5 Å². The van der Waals surface area contributed by atoms with Gasteiger partial charge in [-0.1, -0.05) is 6.92 Å². The van der Waals surface area contributed by atoms with Gasteiger partial charge < -0.3 is 10.6 Å². The van der Waals surface area contributed by atoms with Gasteiger partial charge in [-0.05, 0) is 24.5 Å². The van der Waals surface area contributed by atoms with Gasteiger partial charge in [-0.3, -0.25) is 10.1 Å². The first-order valence-electron chi connectivity index (χ1n) is 6.69. The summed E-state index contributed by atoms with van der Waals surface area (Å²) >= 11 is 0. The number of nitrogens with two attached hydrogens (primary N) is 1. The Kier molecular flexibility index (Phi) is 4.20. The van der Waals surface area contributed by atoms with Crippen molar-refractivity contribution in [1.29, 1.82) is 0 Å². The van der Waals surface area contributed by atoms with Crippen molar-refractivity contribution in [3.63, 3.8) is 0 Å². The van der Waals surface area contributed by atoms with Crippen molar-refractivity contribution in [2.45, 2.75) is 24.3 Å². The van der Waals surface area contributed by atoms with Gasteiger partial charge in [0.1, 0.15) is 5.69 Å². The normalized spacial score (nSPS) is 23.1. The molecule has 1 heterocycles. The summed E-state index contributed by atoms with van der Waals surface area (Å²) in [6, 6.07) is 4.15. The first kappa shape index (κ1) is 15.7. The fourth-order valence-corrected chi connectivity index (χ4v) is 3.17. The van der Waals surface area contributed by atoms with Crippen molar-refractivity contribution in [3.05, 3.63) is 28.3 Å². The Labute approximate surface area is 123 Å². The molecular weight excluding hydrogens is 294 g/mol. The first-order valence-corrected chi connectivity index (χ1v) is 8.58. The maximum Gasteiger partial charge on any atom is 0.293 e. The SMILES string of the molecule is CC1CN(c2ccc(S(C)(=O)=O)cc2[N+](=O)[O-])CCC1N. The average molecular weight is 313 g/mol. The lowest BCUT2D eigenvalue weighted by Crippen LogP contribution is -2.46. The molecule has 1 aromatic rings. The zero-order valence-electron chi connectivity index (χ0n) is 12.0. The topological polar surface area (TPSA) is 107 Å². The fourth-order valence-electron chi connectivity index (χ4n) is 2.53. The van der Waals surface area contributed by atoms with Crippen molar-refractivity contribution in [2.24, 2.45) is 11.7 Å². The van der Waals surface area contributed by atoms with Crippen molar-refractivity contribution >= 4 is 21.2 Å².